The minimum absolute atomic E-state index is 0. The molecule has 144 valence electrons. The van der Waals surface area contributed by atoms with E-state index in [4.69, 9.17) is 18.9 Å². The summed E-state index contributed by atoms with van der Waals surface area (Å²) in [5.74, 6) is 2.10. The highest BCUT2D eigenvalue weighted by atomic mass is 127. The van der Waals surface area contributed by atoms with Crippen LogP contribution in [0.1, 0.15) is 13.3 Å². The largest absolute Gasteiger partial charge is 0.493 e. The van der Waals surface area contributed by atoms with E-state index in [2.05, 4.69) is 15.6 Å². The molecule has 0 aliphatic carbocycles. The zero-order valence-electron chi connectivity index (χ0n) is 15.5. The maximum absolute atomic E-state index is 5.51. The molecule has 0 atom stereocenters. The molecule has 0 aromatic heterocycles. The number of rotatable bonds is 11. The van der Waals surface area contributed by atoms with Gasteiger partial charge in [-0.05, 0) is 25.5 Å². The number of methoxy groups -OCH3 is 2. The number of nitrogens with one attached hydrogen (secondary N) is 2. The predicted octanol–water partition coefficient (Wildman–Crippen LogP) is 2.75. The summed E-state index contributed by atoms with van der Waals surface area (Å²) in [6, 6.07) is 5.68. The smallest absolute Gasteiger partial charge is 0.195 e. The highest BCUT2D eigenvalue weighted by Gasteiger charge is 2.06. The SMILES string of the molecule is CCOc1ccc(NC(=NC)NCCCOCCOC)cc1OC.I. The Balaban J connectivity index is 0.00000576. The molecule has 0 radical (unpaired) electrons. The van der Waals surface area contributed by atoms with E-state index < -0.39 is 0 Å². The summed E-state index contributed by atoms with van der Waals surface area (Å²) in [6.45, 7) is 5.23. The lowest BCUT2D eigenvalue weighted by Gasteiger charge is -2.14. The van der Waals surface area contributed by atoms with Crippen LogP contribution >= 0.6 is 24.0 Å². The molecule has 2 N–H and O–H groups in total. The third-order valence-corrected chi connectivity index (χ3v) is 3.14. The summed E-state index contributed by atoms with van der Waals surface area (Å²) in [4.78, 5) is 4.21. The molecule has 7 nitrogen and oxygen atoms in total. The van der Waals surface area contributed by atoms with Crippen LogP contribution in [-0.4, -0.2) is 60.2 Å². The zero-order valence-corrected chi connectivity index (χ0v) is 17.8. The van der Waals surface area contributed by atoms with Gasteiger partial charge in [0.1, 0.15) is 0 Å². The first-order chi connectivity index (χ1) is 11.7. The number of nitrogens with zero attached hydrogens (tertiary/aromatic N) is 1. The van der Waals surface area contributed by atoms with Crippen molar-refractivity contribution in [1.82, 2.24) is 5.32 Å². The van der Waals surface area contributed by atoms with Gasteiger partial charge < -0.3 is 29.6 Å². The average molecular weight is 467 g/mol. The van der Waals surface area contributed by atoms with Crippen LogP contribution in [0, 0.1) is 0 Å². The minimum Gasteiger partial charge on any atom is -0.493 e. The highest BCUT2D eigenvalue weighted by molar-refractivity contribution is 14.0. The van der Waals surface area contributed by atoms with Crippen molar-refractivity contribution in [3.63, 3.8) is 0 Å². The summed E-state index contributed by atoms with van der Waals surface area (Å²) in [6.07, 6.45) is 0.886. The molecular weight excluding hydrogens is 437 g/mol. The lowest BCUT2D eigenvalue weighted by atomic mass is 10.2. The molecule has 0 aliphatic rings. The molecule has 8 heteroatoms. The molecule has 1 aromatic carbocycles. The molecule has 1 rings (SSSR count). The van der Waals surface area contributed by atoms with Gasteiger partial charge in [0.05, 0.1) is 26.9 Å². The van der Waals surface area contributed by atoms with Crippen LogP contribution in [0.3, 0.4) is 0 Å². The molecule has 0 spiro atoms. The first-order valence-electron chi connectivity index (χ1n) is 8.10. The van der Waals surface area contributed by atoms with Crippen molar-refractivity contribution < 1.29 is 18.9 Å². The molecule has 1 aromatic rings. The summed E-state index contributed by atoms with van der Waals surface area (Å²) < 4.78 is 21.2. The summed E-state index contributed by atoms with van der Waals surface area (Å²) in [7, 11) is 5.02. The van der Waals surface area contributed by atoms with E-state index in [9.17, 15) is 0 Å². The predicted molar refractivity (Wildman–Crippen MR) is 112 cm³/mol. The van der Waals surface area contributed by atoms with E-state index in [-0.39, 0.29) is 24.0 Å². The molecule has 25 heavy (non-hydrogen) atoms. The van der Waals surface area contributed by atoms with Crippen molar-refractivity contribution in [2.45, 2.75) is 13.3 Å². The van der Waals surface area contributed by atoms with E-state index >= 15 is 0 Å². The number of anilines is 1. The van der Waals surface area contributed by atoms with Crippen LogP contribution in [0.15, 0.2) is 23.2 Å². The Bertz CT molecular complexity index is 501. The fourth-order valence-electron chi connectivity index (χ4n) is 1.96. The average Bonchev–Trinajstić information content (AvgIpc) is 2.61. The van der Waals surface area contributed by atoms with Crippen LogP contribution in [0.2, 0.25) is 0 Å². The monoisotopic (exact) mass is 467 g/mol. The van der Waals surface area contributed by atoms with Crippen LogP contribution in [0.4, 0.5) is 5.69 Å². The maximum atomic E-state index is 5.51. The normalized spacial score (nSPS) is 10.8. The Morgan fingerprint density at radius 1 is 1.12 bits per heavy atom. The summed E-state index contributed by atoms with van der Waals surface area (Å²) >= 11 is 0. The van der Waals surface area contributed by atoms with Gasteiger partial charge in [-0.2, -0.15) is 0 Å². The van der Waals surface area contributed by atoms with Crippen molar-refractivity contribution in [3.8, 4) is 11.5 Å². The molecule has 0 heterocycles. The van der Waals surface area contributed by atoms with Gasteiger partial charge in [0, 0.05) is 39.1 Å². The van der Waals surface area contributed by atoms with E-state index in [0.29, 0.717) is 38.1 Å². The second-order valence-electron chi connectivity index (χ2n) is 4.88. The first kappa shape index (κ1) is 23.7. The van der Waals surface area contributed by atoms with Crippen LogP contribution < -0.4 is 20.1 Å². The van der Waals surface area contributed by atoms with Gasteiger partial charge in [-0.1, -0.05) is 0 Å². The van der Waals surface area contributed by atoms with Gasteiger partial charge in [0.2, 0.25) is 0 Å². The van der Waals surface area contributed by atoms with E-state index in [1.807, 2.05) is 25.1 Å². The second-order valence-corrected chi connectivity index (χ2v) is 4.88. The standard InChI is InChI=1S/C17H29N3O4.HI/c1-5-24-15-8-7-14(13-16(15)22-4)20-17(18-2)19-9-6-10-23-12-11-21-3;/h7-8,13H,5-6,9-12H2,1-4H3,(H2,18,19,20);1H. The van der Waals surface area contributed by atoms with Crippen molar-refractivity contribution >= 4 is 35.6 Å². The molecule has 0 aliphatic heterocycles. The van der Waals surface area contributed by atoms with Crippen molar-refractivity contribution in [1.29, 1.82) is 0 Å². The molecule has 0 saturated heterocycles. The van der Waals surface area contributed by atoms with Crippen LogP contribution in [-0.2, 0) is 9.47 Å². The number of aliphatic imine (C=N–C) groups is 1. The van der Waals surface area contributed by atoms with Gasteiger partial charge in [-0.25, -0.2) is 0 Å². The minimum atomic E-state index is 0. The van der Waals surface area contributed by atoms with Gasteiger partial charge in [-0.3, -0.25) is 4.99 Å². The molecule has 0 saturated carbocycles. The van der Waals surface area contributed by atoms with Gasteiger partial charge >= 0.3 is 0 Å². The fraction of sp³-hybridized carbons (Fsp3) is 0.588. The van der Waals surface area contributed by atoms with Crippen molar-refractivity contribution in [2.24, 2.45) is 4.99 Å². The Kier molecular flexibility index (Phi) is 14.3. The molecule has 0 bridgehead atoms. The summed E-state index contributed by atoms with van der Waals surface area (Å²) in [5, 5.41) is 6.47. The number of guanidine groups is 1. The molecule has 0 fully saturated rings. The number of hydrogen-bond acceptors (Lipinski definition) is 5. The van der Waals surface area contributed by atoms with E-state index in [0.717, 1.165) is 24.4 Å². The zero-order chi connectivity index (χ0) is 17.6. The fourth-order valence-corrected chi connectivity index (χ4v) is 1.96. The highest BCUT2D eigenvalue weighted by Crippen LogP contribution is 2.30. The lowest BCUT2D eigenvalue weighted by molar-refractivity contribution is 0.0699. The quantitative estimate of drug-likeness (QED) is 0.226. The number of benzene rings is 1. The van der Waals surface area contributed by atoms with E-state index in [1.165, 1.54) is 0 Å². The van der Waals surface area contributed by atoms with Gasteiger partial charge in [0.15, 0.2) is 17.5 Å². The summed E-state index contributed by atoms with van der Waals surface area (Å²) in [5.41, 5.74) is 0.875. The second kappa shape index (κ2) is 15.0. The maximum Gasteiger partial charge on any atom is 0.195 e. The third kappa shape index (κ3) is 9.71. The number of halogens is 1. The molecule has 0 unspecified atom stereocenters. The Hall–Kier alpha value is -1.26. The number of ether oxygens (including phenoxy) is 4. The Morgan fingerprint density at radius 2 is 1.92 bits per heavy atom. The van der Waals surface area contributed by atoms with Gasteiger partial charge in [0.25, 0.3) is 0 Å². The molecule has 0 amide bonds. The lowest BCUT2D eigenvalue weighted by Crippen LogP contribution is -2.32. The van der Waals surface area contributed by atoms with Crippen LogP contribution in [0.25, 0.3) is 0 Å². The third-order valence-electron chi connectivity index (χ3n) is 3.14. The van der Waals surface area contributed by atoms with Crippen molar-refractivity contribution in [3.05, 3.63) is 18.2 Å². The van der Waals surface area contributed by atoms with E-state index in [1.54, 1.807) is 21.3 Å². The Labute approximate surface area is 167 Å². The first-order valence-corrected chi connectivity index (χ1v) is 8.10. The topological polar surface area (TPSA) is 73.3 Å². The Morgan fingerprint density at radius 3 is 2.56 bits per heavy atom. The van der Waals surface area contributed by atoms with Crippen molar-refractivity contribution in [2.75, 3.05) is 59.6 Å². The van der Waals surface area contributed by atoms with Gasteiger partial charge in [-0.15, -0.1) is 24.0 Å². The number of hydrogen-bond donors (Lipinski definition) is 2. The van der Waals surface area contributed by atoms with Crippen LogP contribution in [0.5, 0.6) is 11.5 Å². The molecular formula is C17H30IN3O4.